The van der Waals surface area contributed by atoms with E-state index < -0.39 is 5.60 Å². The molecule has 1 aromatic rings. The van der Waals surface area contributed by atoms with Crippen LogP contribution in [0.5, 0.6) is 0 Å². The number of amides is 2. The lowest BCUT2D eigenvalue weighted by Crippen LogP contribution is -2.41. The number of hydrogen-bond acceptors (Lipinski definition) is 5. The molecule has 0 spiro atoms. The number of carbonyl (C=O) groups excluding carboxylic acids is 2. The fourth-order valence-electron chi connectivity index (χ4n) is 2.34. The molecule has 1 unspecified atom stereocenters. The molecule has 0 N–H and O–H groups in total. The first-order valence-electron chi connectivity index (χ1n) is 7.40. The van der Waals surface area contributed by atoms with Gasteiger partial charge in [-0.1, -0.05) is 0 Å². The van der Waals surface area contributed by atoms with Gasteiger partial charge in [0.1, 0.15) is 5.60 Å². The van der Waals surface area contributed by atoms with E-state index in [-0.39, 0.29) is 23.3 Å². The normalized spacial score (nSPS) is 18.0. The molecule has 2 amide bonds. The van der Waals surface area contributed by atoms with Crippen LogP contribution in [0.2, 0.25) is 5.28 Å². The molecule has 8 heteroatoms. The number of halogens is 1. The molecule has 0 aromatic carbocycles. The van der Waals surface area contributed by atoms with Gasteiger partial charge in [-0.15, -0.1) is 0 Å². The Bertz CT molecular complexity index is 585. The topological polar surface area (TPSA) is 75.6 Å². The summed E-state index contributed by atoms with van der Waals surface area (Å²) in [6.07, 6.45) is 3.15. The number of carbonyl (C=O) groups is 2. The molecular formula is C15H21ClN4O3. The number of hydrogen-bond donors (Lipinski definition) is 0. The number of aromatic nitrogens is 2. The Morgan fingerprint density at radius 2 is 1.96 bits per heavy atom. The molecule has 1 aliphatic rings. The van der Waals surface area contributed by atoms with Crippen LogP contribution in [0.3, 0.4) is 0 Å². The molecule has 1 fully saturated rings. The minimum Gasteiger partial charge on any atom is -0.444 e. The third-order valence-corrected chi connectivity index (χ3v) is 3.75. The number of likely N-dealkylation sites (tertiary alicyclic amines) is 1. The molecule has 23 heavy (non-hydrogen) atoms. The summed E-state index contributed by atoms with van der Waals surface area (Å²) in [4.78, 5) is 35.3. The summed E-state index contributed by atoms with van der Waals surface area (Å²) in [5, 5.41) is 0.0983. The first-order valence-corrected chi connectivity index (χ1v) is 7.78. The largest absolute Gasteiger partial charge is 0.444 e. The lowest BCUT2D eigenvalue weighted by Gasteiger charge is -2.26. The third kappa shape index (κ3) is 4.54. The van der Waals surface area contributed by atoms with Crippen LogP contribution in [0, 0.1) is 0 Å². The molecule has 0 aliphatic carbocycles. The summed E-state index contributed by atoms with van der Waals surface area (Å²) < 4.78 is 5.36. The van der Waals surface area contributed by atoms with Crippen molar-refractivity contribution in [2.45, 2.75) is 38.8 Å². The maximum absolute atomic E-state index is 12.4. The zero-order chi connectivity index (χ0) is 17.2. The van der Waals surface area contributed by atoms with Gasteiger partial charge < -0.3 is 14.5 Å². The van der Waals surface area contributed by atoms with Gasteiger partial charge in [-0.2, -0.15) is 0 Å². The highest BCUT2D eigenvalue weighted by atomic mass is 35.5. The quantitative estimate of drug-likeness (QED) is 0.771. The van der Waals surface area contributed by atoms with Gasteiger partial charge in [-0.3, -0.25) is 4.79 Å². The molecule has 2 rings (SSSR count). The molecule has 0 bridgehead atoms. The van der Waals surface area contributed by atoms with Gasteiger partial charge in [0.2, 0.25) is 5.28 Å². The van der Waals surface area contributed by atoms with Crippen LogP contribution in [-0.2, 0) is 4.74 Å². The van der Waals surface area contributed by atoms with E-state index in [2.05, 4.69) is 9.97 Å². The Kier molecular flexibility index (Phi) is 5.09. The summed E-state index contributed by atoms with van der Waals surface area (Å²) in [6, 6.07) is -0.0642. The first kappa shape index (κ1) is 17.5. The van der Waals surface area contributed by atoms with E-state index in [1.54, 1.807) is 16.8 Å². The van der Waals surface area contributed by atoms with Crippen LogP contribution in [-0.4, -0.2) is 63.5 Å². The number of likely N-dealkylation sites (N-methyl/N-ethyl adjacent to an activating group) is 1. The Balaban J connectivity index is 1.96. The SMILES string of the molecule is CN(C(=O)c1cnc(Cl)nc1)C1CCN(C(=O)OC(C)(C)C)C1. The van der Waals surface area contributed by atoms with E-state index in [1.165, 1.54) is 12.4 Å². The molecule has 2 heterocycles. The number of ether oxygens (including phenoxy) is 1. The van der Waals surface area contributed by atoms with Gasteiger partial charge in [-0.25, -0.2) is 14.8 Å². The van der Waals surface area contributed by atoms with Gasteiger partial charge >= 0.3 is 6.09 Å². The van der Waals surface area contributed by atoms with Crippen LogP contribution in [0.15, 0.2) is 12.4 Å². The molecule has 1 saturated heterocycles. The Morgan fingerprint density at radius 1 is 1.35 bits per heavy atom. The highest BCUT2D eigenvalue weighted by Crippen LogP contribution is 2.19. The van der Waals surface area contributed by atoms with Crippen molar-refractivity contribution in [2.24, 2.45) is 0 Å². The fourth-order valence-corrected chi connectivity index (χ4v) is 2.44. The van der Waals surface area contributed by atoms with Crippen LogP contribution >= 0.6 is 11.6 Å². The van der Waals surface area contributed by atoms with E-state index in [0.29, 0.717) is 25.1 Å². The van der Waals surface area contributed by atoms with E-state index in [1.807, 2.05) is 20.8 Å². The molecule has 1 aromatic heterocycles. The van der Waals surface area contributed by atoms with Crippen LogP contribution in [0.1, 0.15) is 37.6 Å². The second kappa shape index (κ2) is 6.70. The molecule has 7 nitrogen and oxygen atoms in total. The summed E-state index contributed by atoms with van der Waals surface area (Å²) in [5.74, 6) is -0.197. The van der Waals surface area contributed by atoms with Crippen molar-refractivity contribution in [3.63, 3.8) is 0 Å². The average Bonchev–Trinajstić information content (AvgIpc) is 2.94. The highest BCUT2D eigenvalue weighted by molar-refractivity contribution is 6.28. The lowest BCUT2D eigenvalue weighted by atomic mass is 10.2. The lowest BCUT2D eigenvalue weighted by molar-refractivity contribution is 0.0279. The number of rotatable bonds is 2. The van der Waals surface area contributed by atoms with E-state index in [0.717, 1.165) is 0 Å². The standard InChI is InChI=1S/C15H21ClN4O3/c1-15(2,3)23-14(22)20-6-5-11(9-20)19(4)12(21)10-7-17-13(16)18-8-10/h7-8,11H,5-6,9H2,1-4H3. The van der Waals surface area contributed by atoms with Gasteiger partial charge in [0.15, 0.2) is 0 Å². The number of nitrogens with zero attached hydrogens (tertiary/aromatic N) is 4. The predicted octanol–water partition coefficient (Wildman–Crippen LogP) is 2.21. The average molecular weight is 341 g/mol. The van der Waals surface area contributed by atoms with Gasteiger partial charge in [-0.05, 0) is 38.8 Å². The Morgan fingerprint density at radius 3 is 2.52 bits per heavy atom. The fraction of sp³-hybridized carbons (Fsp3) is 0.600. The highest BCUT2D eigenvalue weighted by Gasteiger charge is 2.33. The summed E-state index contributed by atoms with van der Waals surface area (Å²) in [5.41, 5.74) is -0.162. The van der Waals surface area contributed by atoms with Gasteiger partial charge in [0.25, 0.3) is 5.91 Å². The second-order valence-corrected chi connectivity index (χ2v) is 6.86. The van der Waals surface area contributed by atoms with Gasteiger partial charge in [0.05, 0.1) is 11.6 Å². The van der Waals surface area contributed by atoms with Crippen LogP contribution in [0.4, 0.5) is 4.79 Å². The maximum Gasteiger partial charge on any atom is 0.410 e. The van der Waals surface area contributed by atoms with Crippen molar-refractivity contribution in [1.29, 1.82) is 0 Å². The first-order chi connectivity index (χ1) is 10.7. The maximum atomic E-state index is 12.4. The molecule has 126 valence electrons. The summed E-state index contributed by atoms with van der Waals surface area (Å²) in [6.45, 7) is 6.50. The zero-order valence-corrected chi connectivity index (χ0v) is 14.5. The molecule has 0 radical (unpaired) electrons. The van der Waals surface area contributed by atoms with Crippen molar-refractivity contribution in [3.8, 4) is 0 Å². The minimum atomic E-state index is -0.530. The minimum absolute atomic E-state index is 0.0642. The Hall–Kier alpha value is -1.89. The Labute approximate surface area is 140 Å². The van der Waals surface area contributed by atoms with Gasteiger partial charge in [0, 0.05) is 32.5 Å². The van der Waals surface area contributed by atoms with Crippen LogP contribution < -0.4 is 0 Å². The monoisotopic (exact) mass is 340 g/mol. The predicted molar refractivity (Wildman–Crippen MR) is 85.3 cm³/mol. The van der Waals surface area contributed by atoms with Crippen molar-refractivity contribution >= 4 is 23.6 Å². The van der Waals surface area contributed by atoms with Crippen molar-refractivity contribution in [3.05, 3.63) is 23.2 Å². The van der Waals surface area contributed by atoms with Crippen molar-refractivity contribution in [1.82, 2.24) is 19.8 Å². The molecule has 0 saturated carbocycles. The van der Waals surface area contributed by atoms with Crippen molar-refractivity contribution < 1.29 is 14.3 Å². The zero-order valence-electron chi connectivity index (χ0n) is 13.7. The molecule has 1 atom stereocenters. The molecule has 1 aliphatic heterocycles. The van der Waals surface area contributed by atoms with E-state index in [4.69, 9.17) is 16.3 Å². The smallest absolute Gasteiger partial charge is 0.410 e. The van der Waals surface area contributed by atoms with E-state index in [9.17, 15) is 9.59 Å². The third-order valence-electron chi connectivity index (χ3n) is 3.55. The summed E-state index contributed by atoms with van der Waals surface area (Å²) in [7, 11) is 1.71. The van der Waals surface area contributed by atoms with E-state index >= 15 is 0 Å². The second-order valence-electron chi connectivity index (χ2n) is 6.53. The molecular weight excluding hydrogens is 320 g/mol. The summed E-state index contributed by atoms with van der Waals surface area (Å²) >= 11 is 5.62. The van der Waals surface area contributed by atoms with Crippen molar-refractivity contribution in [2.75, 3.05) is 20.1 Å². The van der Waals surface area contributed by atoms with Crippen LogP contribution in [0.25, 0.3) is 0 Å².